The van der Waals surface area contributed by atoms with Crippen molar-refractivity contribution in [3.05, 3.63) is 35.4 Å². The molecule has 3 N–H and O–H groups in total. The van der Waals surface area contributed by atoms with Crippen molar-refractivity contribution in [2.75, 3.05) is 0 Å². The van der Waals surface area contributed by atoms with E-state index in [1.54, 1.807) is 6.07 Å². The Morgan fingerprint density at radius 2 is 1.89 bits per heavy atom. The van der Waals surface area contributed by atoms with Crippen LogP contribution in [0.3, 0.4) is 0 Å². The highest BCUT2D eigenvalue weighted by Gasteiger charge is 2.19. The molecule has 0 aromatic heterocycles. The van der Waals surface area contributed by atoms with Crippen molar-refractivity contribution in [1.29, 1.82) is 0 Å². The van der Waals surface area contributed by atoms with Gasteiger partial charge in [0.15, 0.2) is 0 Å². The maximum Gasteiger partial charge on any atom is 0.119 e. The number of hydrogen-bond acceptors (Lipinski definition) is 3. The summed E-state index contributed by atoms with van der Waals surface area (Å²) >= 11 is 0. The number of rotatable bonds is 6. The van der Waals surface area contributed by atoms with Crippen LogP contribution in [0.5, 0.6) is 11.5 Å². The molecule has 0 amide bonds. The number of phenols is 2. The summed E-state index contributed by atoms with van der Waals surface area (Å²) in [6.07, 6.45) is 4.75. The zero-order chi connectivity index (χ0) is 14.5. The Labute approximate surface area is 115 Å². The predicted molar refractivity (Wildman–Crippen MR) is 77.4 cm³/mol. The molecule has 0 aliphatic rings. The molecule has 0 heterocycles. The Bertz CT molecular complexity index is 443. The van der Waals surface area contributed by atoms with Crippen molar-refractivity contribution in [3.8, 4) is 11.5 Å². The lowest BCUT2D eigenvalue weighted by Gasteiger charge is -2.23. The van der Waals surface area contributed by atoms with Crippen LogP contribution in [0.4, 0.5) is 0 Å². The molecule has 0 aliphatic carbocycles. The molecule has 3 nitrogen and oxygen atoms in total. The lowest BCUT2D eigenvalue weighted by atomic mass is 9.91. The lowest BCUT2D eigenvalue weighted by Crippen LogP contribution is -2.24. The maximum absolute atomic E-state index is 10.3. The van der Waals surface area contributed by atoms with Crippen molar-refractivity contribution in [2.24, 2.45) is 0 Å². The highest BCUT2D eigenvalue weighted by atomic mass is 16.3. The summed E-state index contributed by atoms with van der Waals surface area (Å²) in [6, 6.07) is 4.47. The summed E-state index contributed by atoms with van der Waals surface area (Å²) in [6.45, 7) is 5.89. The predicted octanol–water partition coefficient (Wildman–Crippen LogP) is 3.53. The molecule has 1 atom stereocenters. The second-order valence-electron chi connectivity index (χ2n) is 5.63. The van der Waals surface area contributed by atoms with E-state index in [1.165, 1.54) is 17.7 Å². The van der Waals surface area contributed by atoms with Crippen LogP contribution in [0, 0.1) is 0 Å². The first-order valence-electron chi connectivity index (χ1n) is 6.67. The van der Waals surface area contributed by atoms with Crippen molar-refractivity contribution in [3.63, 3.8) is 0 Å². The van der Waals surface area contributed by atoms with Crippen LogP contribution in [0.2, 0.25) is 0 Å². The zero-order valence-electron chi connectivity index (χ0n) is 12.0. The smallest absolute Gasteiger partial charge is 0.119 e. The minimum atomic E-state index is -0.760. The molecule has 0 unspecified atom stereocenters. The van der Waals surface area contributed by atoms with Crippen LogP contribution < -0.4 is 0 Å². The SMILES string of the molecule is CC(C)=CCC[C@@](C)(O)CCc1cc(O)ccc1O. The molecule has 1 rings (SSSR count). The number of benzene rings is 1. The van der Waals surface area contributed by atoms with Gasteiger partial charge in [0.1, 0.15) is 11.5 Å². The van der Waals surface area contributed by atoms with E-state index in [9.17, 15) is 15.3 Å². The number of aliphatic hydroxyl groups is 1. The monoisotopic (exact) mass is 264 g/mol. The number of aromatic hydroxyl groups is 2. The van der Waals surface area contributed by atoms with Crippen molar-refractivity contribution < 1.29 is 15.3 Å². The van der Waals surface area contributed by atoms with Crippen molar-refractivity contribution in [1.82, 2.24) is 0 Å². The van der Waals surface area contributed by atoms with Crippen LogP contribution in [0.25, 0.3) is 0 Å². The average molecular weight is 264 g/mol. The van der Waals surface area contributed by atoms with Gasteiger partial charge in [0.25, 0.3) is 0 Å². The van der Waals surface area contributed by atoms with Gasteiger partial charge in [-0.05, 0) is 70.2 Å². The van der Waals surface area contributed by atoms with Crippen LogP contribution >= 0.6 is 0 Å². The Balaban J connectivity index is 2.54. The van der Waals surface area contributed by atoms with Gasteiger partial charge in [-0.25, -0.2) is 0 Å². The first-order chi connectivity index (χ1) is 8.80. The van der Waals surface area contributed by atoms with E-state index in [0.29, 0.717) is 24.8 Å². The van der Waals surface area contributed by atoms with Crippen molar-refractivity contribution >= 4 is 0 Å². The number of allylic oxidation sites excluding steroid dienone is 2. The van der Waals surface area contributed by atoms with Gasteiger partial charge >= 0.3 is 0 Å². The molecular formula is C16H24O3. The van der Waals surface area contributed by atoms with E-state index in [-0.39, 0.29) is 11.5 Å². The summed E-state index contributed by atoms with van der Waals surface area (Å²) in [7, 11) is 0. The Morgan fingerprint density at radius 1 is 1.21 bits per heavy atom. The van der Waals surface area contributed by atoms with Crippen LogP contribution in [0.1, 0.15) is 45.6 Å². The third-order valence-corrected chi connectivity index (χ3v) is 3.23. The molecule has 1 aromatic rings. The molecule has 3 heteroatoms. The zero-order valence-corrected chi connectivity index (χ0v) is 12.0. The summed E-state index contributed by atoms with van der Waals surface area (Å²) in [5.74, 6) is 0.301. The number of hydrogen-bond donors (Lipinski definition) is 3. The summed E-state index contributed by atoms with van der Waals surface area (Å²) in [5.41, 5.74) is 1.16. The second-order valence-corrected chi connectivity index (χ2v) is 5.63. The van der Waals surface area contributed by atoms with Crippen LogP contribution in [-0.4, -0.2) is 20.9 Å². The summed E-state index contributed by atoms with van der Waals surface area (Å²) in [4.78, 5) is 0. The van der Waals surface area contributed by atoms with Gasteiger partial charge < -0.3 is 15.3 Å². The van der Waals surface area contributed by atoms with E-state index >= 15 is 0 Å². The van der Waals surface area contributed by atoms with Crippen LogP contribution in [-0.2, 0) is 6.42 Å². The maximum atomic E-state index is 10.3. The minimum absolute atomic E-state index is 0.136. The van der Waals surface area contributed by atoms with Crippen LogP contribution in [0.15, 0.2) is 29.8 Å². The van der Waals surface area contributed by atoms with Gasteiger partial charge in [0.05, 0.1) is 5.60 Å². The van der Waals surface area contributed by atoms with Gasteiger partial charge in [-0.1, -0.05) is 11.6 Å². The Morgan fingerprint density at radius 3 is 2.53 bits per heavy atom. The molecule has 106 valence electrons. The molecule has 0 bridgehead atoms. The fourth-order valence-corrected chi connectivity index (χ4v) is 1.97. The second kappa shape index (κ2) is 6.62. The normalized spacial score (nSPS) is 13.9. The van der Waals surface area contributed by atoms with E-state index in [1.807, 2.05) is 20.8 Å². The minimum Gasteiger partial charge on any atom is -0.508 e. The molecule has 0 aliphatic heterocycles. The summed E-state index contributed by atoms with van der Waals surface area (Å²) < 4.78 is 0. The molecule has 0 saturated carbocycles. The largest absolute Gasteiger partial charge is 0.508 e. The molecule has 19 heavy (non-hydrogen) atoms. The molecule has 0 radical (unpaired) electrons. The van der Waals surface area contributed by atoms with E-state index < -0.39 is 5.60 Å². The highest BCUT2D eigenvalue weighted by Crippen LogP contribution is 2.27. The first kappa shape index (κ1) is 15.6. The van der Waals surface area contributed by atoms with Gasteiger partial charge in [-0.2, -0.15) is 0 Å². The average Bonchev–Trinajstić information content (AvgIpc) is 2.30. The third-order valence-electron chi connectivity index (χ3n) is 3.23. The standard InChI is InChI=1S/C16H24O3/c1-12(2)5-4-9-16(3,19)10-8-13-11-14(17)6-7-15(13)18/h5-7,11,17-19H,4,8-10H2,1-3H3/t16-/m1/s1. The van der Waals surface area contributed by atoms with Gasteiger partial charge in [-0.15, -0.1) is 0 Å². The molecule has 0 fully saturated rings. The summed E-state index contributed by atoms with van der Waals surface area (Å²) in [5, 5.41) is 29.3. The van der Waals surface area contributed by atoms with E-state index in [0.717, 1.165) is 6.42 Å². The molecule has 0 spiro atoms. The topological polar surface area (TPSA) is 60.7 Å². The fourth-order valence-electron chi connectivity index (χ4n) is 1.97. The number of phenolic OH excluding ortho intramolecular Hbond substituents is 2. The lowest BCUT2D eigenvalue weighted by molar-refractivity contribution is 0.0431. The Kier molecular flexibility index (Phi) is 5.43. The first-order valence-corrected chi connectivity index (χ1v) is 6.67. The van der Waals surface area contributed by atoms with Gasteiger partial charge in [0, 0.05) is 0 Å². The van der Waals surface area contributed by atoms with Crippen molar-refractivity contribution in [2.45, 2.75) is 52.1 Å². The Hall–Kier alpha value is -1.48. The number of aryl methyl sites for hydroxylation is 1. The quantitative estimate of drug-likeness (QED) is 0.544. The molecule has 1 aromatic carbocycles. The fraction of sp³-hybridized carbons (Fsp3) is 0.500. The van der Waals surface area contributed by atoms with E-state index in [4.69, 9.17) is 0 Å². The third kappa shape index (κ3) is 5.79. The van der Waals surface area contributed by atoms with Gasteiger partial charge in [-0.3, -0.25) is 0 Å². The van der Waals surface area contributed by atoms with E-state index in [2.05, 4.69) is 6.08 Å². The highest BCUT2D eigenvalue weighted by molar-refractivity contribution is 5.38. The van der Waals surface area contributed by atoms with Gasteiger partial charge in [0.2, 0.25) is 0 Å². The molecular weight excluding hydrogens is 240 g/mol. The molecule has 0 saturated heterocycles.